The third kappa shape index (κ3) is 4.66. The predicted molar refractivity (Wildman–Crippen MR) is 116 cm³/mol. The number of likely N-dealkylation sites (tertiary alicyclic amines) is 1. The number of carbonyl (C=O) groups is 2. The molecule has 2 heterocycles. The van der Waals surface area contributed by atoms with Gasteiger partial charge in [-0.1, -0.05) is 23.8 Å². The second kappa shape index (κ2) is 8.71. The molecule has 2 N–H and O–H groups in total. The number of halogens is 1. The van der Waals surface area contributed by atoms with E-state index in [2.05, 4.69) is 21.6 Å². The average molecular weight is 420 g/mol. The molecule has 0 bridgehead atoms. The zero-order valence-electron chi connectivity index (χ0n) is 17.6. The molecule has 31 heavy (non-hydrogen) atoms. The number of benzene rings is 2. The monoisotopic (exact) mass is 420 g/mol. The first-order chi connectivity index (χ1) is 14.9. The number of amides is 2. The van der Waals surface area contributed by atoms with Gasteiger partial charge in [0.1, 0.15) is 11.5 Å². The number of H-pyrrole nitrogens is 1. The summed E-state index contributed by atoms with van der Waals surface area (Å²) < 4.78 is 13.0. The Balaban J connectivity index is 1.35. The zero-order valence-corrected chi connectivity index (χ0v) is 17.6. The number of carbonyl (C=O) groups excluding carboxylic acids is 2. The molecule has 1 aliphatic heterocycles. The van der Waals surface area contributed by atoms with E-state index in [4.69, 9.17) is 0 Å². The summed E-state index contributed by atoms with van der Waals surface area (Å²) in [4.78, 5) is 27.0. The smallest absolute Gasteiger partial charge is 0.271 e. The van der Waals surface area contributed by atoms with Gasteiger partial charge < -0.3 is 10.2 Å². The van der Waals surface area contributed by atoms with Crippen molar-refractivity contribution in [2.45, 2.75) is 32.7 Å². The molecule has 160 valence electrons. The normalized spacial score (nSPS) is 14.5. The highest BCUT2D eigenvalue weighted by Crippen LogP contribution is 2.24. The molecule has 3 aromatic rings. The summed E-state index contributed by atoms with van der Waals surface area (Å²) in [5.74, 6) is -0.689. The molecule has 6 nitrogen and oxygen atoms in total. The maximum Gasteiger partial charge on any atom is 0.271 e. The Kier molecular flexibility index (Phi) is 5.84. The third-order valence-corrected chi connectivity index (χ3v) is 5.69. The van der Waals surface area contributed by atoms with Gasteiger partial charge in [-0.15, -0.1) is 0 Å². The first-order valence-corrected chi connectivity index (χ1v) is 10.4. The van der Waals surface area contributed by atoms with Crippen molar-refractivity contribution in [3.63, 3.8) is 0 Å². The van der Waals surface area contributed by atoms with Gasteiger partial charge in [-0.05, 0) is 62.6 Å². The van der Waals surface area contributed by atoms with Crippen molar-refractivity contribution in [3.8, 4) is 11.3 Å². The highest BCUT2D eigenvalue weighted by Gasteiger charge is 2.26. The van der Waals surface area contributed by atoms with Crippen LogP contribution in [0.25, 0.3) is 11.3 Å². The van der Waals surface area contributed by atoms with Crippen LogP contribution in [-0.4, -0.2) is 46.0 Å². The van der Waals surface area contributed by atoms with Gasteiger partial charge in [0.25, 0.3) is 11.8 Å². The maximum atomic E-state index is 13.0. The number of nitrogens with zero attached hydrogens (tertiary/aromatic N) is 2. The lowest BCUT2D eigenvalue weighted by Crippen LogP contribution is -2.46. The van der Waals surface area contributed by atoms with Crippen LogP contribution >= 0.6 is 0 Å². The third-order valence-electron chi connectivity index (χ3n) is 5.69. The average Bonchev–Trinajstić information content (AvgIpc) is 3.24. The minimum Gasteiger partial charge on any atom is -0.349 e. The Morgan fingerprint density at radius 3 is 2.45 bits per heavy atom. The fourth-order valence-electron chi connectivity index (χ4n) is 3.94. The zero-order chi connectivity index (χ0) is 22.0. The molecule has 1 saturated heterocycles. The van der Waals surface area contributed by atoms with Gasteiger partial charge >= 0.3 is 0 Å². The van der Waals surface area contributed by atoms with Crippen LogP contribution in [0, 0.1) is 19.7 Å². The van der Waals surface area contributed by atoms with Gasteiger partial charge in [0.2, 0.25) is 0 Å². The molecule has 0 saturated carbocycles. The molecular weight excluding hydrogens is 395 g/mol. The van der Waals surface area contributed by atoms with E-state index in [1.165, 1.54) is 29.8 Å². The summed E-state index contributed by atoms with van der Waals surface area (Å²) in [5, 5.41) is 10.2. The number of hydrogen-bond acceptors (Lipinski definition) is 3. The minimum atomic E-state index is -0.372. The van der Waals surface area contributed by atoms with E-state index in [1.54, 1.807) is 11.0 Å². The molecule has 2 aromatic carbocycles. The fourth-order valence-corrected chi connectivity index (χ4v) is 3.94. The lowest BCUT2D eigenvalue weighted by atomic mass is 10.0. The van der Waals surface area contributed by atoms with Crippen LogP contribution in [0.3, 0.4) is 0 Å². The summed E-state index contributed by atoms with van der Waals surface area (Å²) in [5.41, 5.74) is 4.94. The van der Waals surface area contributed by atoms with Crippen molar-refractivity contribution in [1.82, 2.24) is 20.4 Å². The van der Waals surface area contributed by atoms with E-state index in [0.29, 0.717) is 37.2 Å². The van der Waals surface area contributed by atoms with E-state index >= 15 is 0 Å². The number of hydrogen-bond donors (Lipinski definition) is 2. The van der Waals surface area contributed by atoms with Gasteiger partial charge in [-0.3, -0.25) is 14.7 Å². The molecular formula is C24H25FN4O2. The van der Waals surface area contributed by atoms with Crippen molar-refractivity contribution >= 4 is 11.8 Å². The molecule has 7 heteroatoms. The molecule has 1 fully saturated rings. The fraction of sp³-hybridized carbons (Fsp3) is 0.292. The van der Waals surface area contributed by atoms with Crippen molar-refractivity contribution in [2.24, 2.45) is 0 Å². The second-order valence-corrected chi connectivity index (χ2v) is 8.03. The number of piperidine rings is 1. The Hall–Kier alpha value is -3.48. The molecule has 2 amide bonds. The number of rotatable bonds is 4. The van der Waals surface area contributed by atoms with E-state index in [1.807, 2.05) is 26.0 Å². The summed E-state index contributed by atoms with van der Waals surface area (Å²) in [6, 6.07) is 13.4. The molecule has 1 aliphatic rings. The van der Waals surface area contributed by atoms with E-state index in [-0.39, 0.29) is 23.7 Å². The van der Waals surface area contributed by atoms with Crippen LogP contribution < -0.4 is 5.32 Å². The number of aromatic amines is 1. The van der Waals surface area contributed by atoms with E-state index in [9.17, 15) is 14.0 Å². The first-order valence-electron chi connectivity index (χ1n) is 10.4. The van der Waals surface area contributed by atoms with Gasteiger partial charge in [-0.25, -0.2) is 4.39 Å². The van der Waals surface area contributed by atoms with E-state index < -0.39 is 0 Å². The van der Waals surface area contributed by atoms with Crippen molar-refractivity contribution < 1.29 is 14.0 Å². The molecule has 0 radical (unpaired) electrons. The van der Waals surface area contributed by atoms with Gasteiger partial charge in [-0.2, -0.15) is 5.10 Å². The molecule has 0 aliphatic carbocycles. The SMILES string of the molecule is Cc1ccc(-c2cc(C(=O)N3CCC(NC(=O)c4ccc(F)cc4)CC3)[nH]n2)c(C)c1. The number of nitrogens with one attached hydrogen (secondary N) is 2. The van der Waals surface area contributed by atoms with Crippen molar-refractivity contribution in [2.75, 3.05) is 13.1 Å². The van der Waals surface area contributed by atoms with Crippen LogP contribution in [0.4, 0.5) is 4.39 Å². The van der Waals surface area contributed by atoms with Crippen LogP contribution in [-0.2, 0) is 0 Å². The number of aromatic nitrogens is 2. The largest absolute Gasteiger partial charge is 0.349 e. The lowest BCUT2D eigenvalue weighted by molar-refractivity contribution is 0.0692. The predicted octanol–water partition coefficient (Wildman–Crippen LogP) is 3.87. The van der Waals surface area contributed by atoms with E-state index in [0.717, 1.165) is 16.8 Å². The van der Waals surface area contributed by atoms with Crippen LogP contribution in [0.5, 0.6) is 0 Å². The molecule has 0 spiro atoms. The van der Waals surface area contributed by atoms with Crippen LogP contribution in [0.1, 0.15) is 44.8 Å². The minimum absolute atomic E-state index is 0.0193. The summed E-state index contributed by atoms with van der Waals surface area (Å²) >= 11 is 0. The highest BCUT2D eigenvalue weighted by molar-refractivity contribution is 5.95. The van der Waals surface area contributed by atoms with Gasteiger partial charge in [0.15, 0.2) is 0 Å². The quantitative estimate of drug-likeness (QED) is 0.673. The second-order valence-electron chi connectivity index (χ2n) is 8.03. The Morgan fingerprint density at radius 1 is 1.06 bits per heavy atom. The Morgan fingerprint density at radius 2 is 1.77 bits per heavy atom. The lowest BCUT2D eigenvalue weighted by Gasteiger charge is -2.32. The first kappa shape index (κ1) is 20.8. The molecule has 0 unspecified atom stereocenters. The Labute approximate surface area is 180 Å². The van der Waals surface area contributed by atoms with Crippen molar-refractivity contribution in [3.05, 3.63) is 76.7 Å². The van der Waals surface area contributed by atoms with Crippen molar-refractivity contribution in [1.29, 1.82) is 0 Å². The van der Waals surface area contributed by atoms with Gasteiger partial charge in [0, 0.05) is 30.3 Å². The standard InChI is InChI=1S/C24H25FN4O2/c1-15-3-8-20(16(2)13-15)21-14-22(28-27-21)24(31)29-11-9-19(10-12-29)26-23(30)17-4-6-18(25)7-5-17/h3-8,13-14,19H,9-12H2,1-2H3,(H,26,30)(H,27,28). The van der Waals surface area contributed by atoms with Gasteiger partial charge in [0.05, 0.1) is 5.69 Å². The van der Waals surface area contributed by atoms with Crippen LogP contribution in [0.15, 0.2) is 48.5 Å². The molecule has 1 aromatic heterocycles. The summed E-state index contributed by atoms with van der Waals surface area (Å²) in [6.45, 7) is 5.17. The molecule has 0 atom stereocenters. The van der Waals surface area contributed by atoms with Crippen LogP contribution in [0.2, 0.25) is 0 Å². The maximum absolute atomic E-state index is 13.0. The topological polar surface area (TPSA) is 78.1 Å². The summed E-state index contributed by atoms with van der Waals surface area (Å²) in [6.07, 6.45) is 1.33. The molecule has 4 rings (SSSR count). The highest BCUT2D eigenvalue weighted by atomic mass is 19.1. The number of aryl methyl sites for hydroxylation is 2. The Bertz CT molecular complexity index is 1100. The summed E-state index contributed by atoms with van der Waals surface area (Å²) in [7, 11) is 0.